The minimum Gasteiger partial charge on any atom is -0.480 e. The number of hydrazine groups is 1. The van der Waals surface area contributed by atoms with Gasteiger partial charge in [0, 0.05) is 93.5 Å². The number of anilines is 2. The highest BCUT2D eigenvalue weighted by Gasteiger charge is 2.37. The van der Waals surface area contributed by atoms with Crippen LogP contribution in [0.1, 0.15) is 124 Å². The van der Waals surface area contributed by atoms with Crippen LogP contribution in [0.5, 0.6) is 0 Å². The first-order chi connectivity index (χ1) is 31.8. The third-order valence-corrected chi connectivity index (χ3v) is 14.1. The zero-order valence-corrected chi connectivity index (χ0v) is 41.5. The number of alkyl carbamates (subject to hydrolysis) is 1. The SMILES string of the molecule is CCn1c(-c2cc(N3CCN4CCCC[C@@H]4C3)cnc2[C@H](C)OC)c(CC(C)(C)COC(C)=O)c2cc(N3CCC[C@@H](C[C@H](NC(=O)OC(C)(C)C)C(=O)N4CCC[C@@H](C(=O)O)N4)C3)ccc21. The van der Waals surface area contributed by atoms with Crippen molar-refractivity contribution in [1.29, 1.82) is 0 Å². The van der Waals surface area contributed by atoms with Gasteiger partial charge in [0.1, 0.15) is 17.7 Å². The number of carboxylic acid groups (broad SMARTS) is 1. The Morgan fingerprint density at radius 1 is 0.925 bits per heavy atom. The summed E-state index contributed by atoms with van der Waals surface area (Å²) in [6.45, 7) is 22.3. The Bertz CT molecular complexity index is 2250. The van der Waals surface area contributed by atoms with Gasteiger partial charge in [-0.15, -0.1) is 0 Å². The number of fused-ring (bicyclic) bond motifs is 2. The van der Waals surface area contributed by atoms with Crippen LogP contribution in [0.15, 0.2) is 30.5 Å². The van der Waals surface area contributed by atoms with Crippen LogP contribution in [0.2, 0.25) is 0 Å². The molecule has 4 fully saturated rings. The molecule has 2 aromatic heterocycles. The van der Waals surface area contributed by atoms with Crippen LogP contribution in [0, 0.1) is 11.3 Å². The van der Waals surface area contributed by atoms with E-state index >= 15 is 0 Å². The fraction of sp³-hybridized carbons (Fsp3) is 0.667. The molecule has 4 saturated heterocycles. The minimum atomic E-state index is -1.02. The van der Waals surface area contributed by atoms with Crippen molar-refractivity contribution in [2.75, 3.05) is 69.3 Å². The van der Waals surface area contributed by atoms with E-state index < -0.39 is 35.2 Å². The number of piperazine rings is 1. The number of aliphatic carboxylic acids is 1. The summed E-state index contributed by atoms with van der Waals surface area (Å²) in [6, 6.07) is 7.79. The first-order valence-corrected chi connectivity index (χ1v) is 24.7. The van der Waals surface area contributed by atoms with Crippen LogP contribution < -0.4 is 20.5 Å². The van der Waals surface area contributed by atoms with E-state index in [1.807, 2.05) is 6.20 Å². The molecular formula is C51H76N8O8. The van der Waals surface area contributed by atoms with Crippen LogP contribution in [-0.4, -0.2) is 132 Å². The molecule has 3 N–H and O–H groups in total. The van der Waals surface area contributed by atoms with E-state index in [1.54, 1.807) is 27.9 Å². The van der Waals surface area contributed by atoms with Crippen molar-refractivity contribution in [2.45, 2.75) is 150 Å². The van der Waals surface area contributed by atoms with Gasteiger partial charge in [0.15, 0.2) is 0 Å². The molecule has 67 heavy (non-hydrogen) atoms. The van der Waals surface area contributed by atoms with Gasteiger partial charge in [-0.05, 0) is 128 Å². The Kier molecular flexibility index (Phi) is 15.8. The van der Waals surface area contributed by atoms with E-state index in [4.69, 9.17) is 19.2 Å². The van der Waals surface area contributed by atoms with E-state index in [2.05, 4.69) is 82.0 Å². The van der Waals surface area contributed by atoms with E-state index in [0.29, 0.717) is 51.4 Å². The van der Waals surface area contributed by atoms with Gasteiger partial charge in [-0.1, -0.05) is 20.3 Å². The maximum absolute atomic E-state index is 14.1. The number of ether oxygens (including phenoxy) is 3. The monoisotopic (exact) mass is 929 g/mol. The standard InChI is InChI=1S/C51H76N8O8/c1-10-58-44-19-18-36(56-21-13-15-35(30-56)25-43(53-49(64)67-50(4,5)6)47(61)59-22-14-17-42(54-59)48(62)63)26-39(44)41(28-51(7,8)32-66-34(3)60)46(58)40-27-38(29-52-45(40)33(2)65-9)57-24-23-55-20-12-11-16-37(55)31-57/h18-19,26-27,29,33,35,37,42-43,54H,10-17,20-25,28,30-32H2,1-9H3,(H,53,64)(H,62,63)/t33-,35-,37+,42-,43-/m0/s1. The van der Waals surface area contributed by atoms with Crippen LogP contribution in [-0.2, 0) is 41.6 Å². The lowest BCUT2D eigenvalue weighted by Crippen LogP contribution is -2.60. The maximum Gasteiger partial charge on any atom is 0.408 e. The van der Waals surface area contributed by atoms with E-state index in [9.17, 15) is 24.3 Å². The first-order valence-electron chi connectivity index (χ1n) is 24.7. The summed E-state index contributed by atoms with van der Waals surface area (Å²) in [5, 5.41) is 15.1. The average molecular weight is 929 g/mol. The third-order valence-electron chi connectivity index (χ3n) is 14.1. The number of hydrogen-bond acceptors (Lipinski definition) is 12. The molecule has 0 unspecified atom stereocenters. The number of rotatable bonds is 15. The summed E-state index contributed by atoms with van der Waals surface area (Å²) in [4.78, 5) is 64.1. The summed E-state index contributed by atoms with van der Waals surface area (Å²) in [7, 11) is 1.73. The van der Waals surface area contributed by atoms with Crippen LogP contribution in [0.25, 0.3) is 22.2 Å². The van der Waals surface area contributed by atoms with Gasteiger partial charge in [0.2, 0.25) is 0 Å². The quantitative estimate of drug-likeness (QED) is 0.130. The number of amides is 2. The summed E-state index contributed by atoms with van der Waals surface area (Å²) in [5.41, 5.74) is 9.15. The topological polar surface area (TPSA) is 171 Å². The number of aryl methyl sites for hydroxylation is 1. The largest absolute Gasteiger partial charge is 0.480 e. The molecular weight excluding hydrogens is 853 g/mol. The van der Waals surface area contributed by atoms with Crippen molar-refractivity contribution in [3.05, 3.63) is 41.7 Å². The number of esters is 1. The predicted octanol–water partition coefficient (Wildman–Crippen LogP) is 7.32. The lowest BCUT2D eigenvalue weighted by atomic mass is 9.84. The zero-order chi connectivity index (χ0) is 48.2. The van der Waals surface area contributed by atoms with Crippen molar-refractivity contribution in [2.24, 2.45) is 11.3 Å². The highest BCUT2D eigenvalue weighted by atomic mass is 16.6. The van der Waals surface area contributed by atoms with E-state index in [0.717, 1.165) is 83.8 Å². The number of piperidine rings is 2. The van der Waals surface area contributed by atoms with E-state index in [-0.39, 0.29) is 30.5 Å². The minimum absolute atomic E-state index is 0.0358. The smallest absolute Gasteiger partial charge is 0.408 e. The lowest BCUT2D eigenvalue weighted by molar-refractivity contribution is -0.148. The Morgan fingerprint density at radius 2 is 1.69 bits per heavy atom. The summed E-state index contributed by atoms with van der Waals surface area (Å²) in [6.07, 6.45) is 8.50. The summed E-state index contributed by atoms with van der Waals surface area (Å²) in [5.74, 6) is -1.66. The normalized spacial score (nSPS) is 21.7. The number of methoxy groups -OCH3 is 1. The number of aromatic nitrogens is 2. The Morgan fingerprint density at radius 3 is 2.40 bits per heavy atom. The Hall–Kier alpha value is -4.93. The molecule has 5 atom stereocenters. The number of hydrogen-bond donors (Lipinski definition) is 3. The number of carboxylic acids is 1. The fourth-order valence-electron chi connectivity index (χ4n) is 10.7. The molecule has 16 nitrogen and oxygen atoms in total. The van der Waals surface area contributed by atoms with Gasteiger partial charge in [-0.25, -0.2) is 10.2 Å². The summed E-state index contributed by atoms with van der Waals surface area (Å²) < 4.78 is 19.7. The fourth-order valence-corrected chi connectivity index (χ4v) is 10.7. The molecule has 2 amide bonds. The molecule has 0 radical (unpaired) electrons. The number of carbonyl (C=O) groups is 4. The van der Waals surface area contributed by atoms with Gasteiger partial charge >= 0.3 is 18.0 Å². The average Bonchev–Trinajstić information content (AvgIpc) is 3.60. The number of benzene rings is 1. The molecule has 0 bridgehead atoms. The van der Waals surface area contributed by atoms with Crippen molar-refractivity contribution in [1.82, 2.24) is 30.2 Å². The highest BCUT2D eigenvalue weighted by Crippen LogP contribution is 2.43. The van der Waals surface area contributed by atoms with Crippen molar-refractivity contribution >= 4 is 46.2 Å². The Labute approximate surface area is 397 Å². The van der Waals surface area contributed by atoms with Crippen molar-refractivity contribution in [3.8, 4) is 11.3 Å². The molecule has 0 aliphatic carbocycles. The molecule has 7 rings (SSSR count). The van der Waals surface area contributed by atoms with E-state index in [1.165, 1.54) is 37.7 Å². The molecule has 16 heteroatoms. The van der Waals surface area contributed by atoms with Gasteiger partial charge in [-0.2, -0.15) is 0 Å². The molecule has 0 spiro atoms. The van der Waals surface area contributed by atoms with Crippen LogP contribution in [0.3, 0.4) is 0 Å². The third kappa shape index (κ3) is 12.0. The summed E-state index contributed by atoms with van der Waals surface area (Å²) >= 11 is 0. The first kappa shape index (κ1) is 50.0. The van der Waals surface area contributed by atoms with Crippen molar-refractivity contribution < 1.29 is 38.5 Å². The van der Waals surface area contributed by atoms with Gasteiger partial charge in [0.25, 0.3) is 5.91 Å². The highest BCUT2D eigenvalue weighted by molar-refractivity contribution is 5.95. The molecule has 3 aromatic rings. The van der Waals surface area contributed by atoms with Crippen LogP contribution >= 0.6 is 0 Å². The lowest BCUT2D eigenvalue weighted by Gasteiger charge is -2.45. The number of pyridine rings is 1. The van der Waals surface area contributed by atoms with Gasteiger partial charge < -0.3 is 39.0 Å². The second-order valence-electron chi connectivity index (χ2n) is 21.1. The zero-order valence-electron chi connectivity index (χ0n) is 41.5. The Balaban J connectivity index is 1.25. The second kappa shape index (κ2) is 21.2. The maximum atomic E-state index is 14.1. The molecule has 4 aliphatic rings. The molecule has 0 saturated carbocycles. The van der Waals surface area contributed by atoms with Gasteiger partial charge in [-0.3, -0.25) is 29.3 Å². The van der Waals surface area contributed by atoms with Crippen molar-refractivity contribution in [3.63, 3.8) is 0 Å². The van der Waals surface area contributed by atoms with Crippen LogP contribution in [0.4, 0.5) is 16.2 Å². The second-order valence-corrected chi connectivity index (χ2v) is 21.1. The predicted molar refractivity (Wildman–Crippen MR) is 260 cm³/mol. The van der Waals surface area contributed by atoms with Gasteiger partial charge in [0.05, 0.1) is 36.0 Å². The molecule has 4 aliphatic heterocycles. The molecule has 1 aromatic carbocycles. The number of nitrogens with one attached hydrogen (secondary N) is 2. The number of nitrogens with zero attached hydrogens (tertiary/aromatic N) is 6. The number of carbonyl (C=O) groups excluding carboxylic acids is 3. The molecule has 368 valence electrons. The molecule has 6 heterocycles.